The second kappa shape index (κ2) is 7.93. The maximum Gasteiger partial charge on any atom is 0.339 e. The molecule has 2 aliphatic rings. The summed E-state index contributed by atoms with van der Waals surface area (Å²) in [6.07, 6.45) is 4.05. The van der Waals surface area contributed by atoms with Gasteiger partial charge in [-0.05, 0) is 61.1 Å². The second-order valence-electron chi connectivity index (χ2n) is 7.08. The van der Waals surface area contributed by atoms with Gasteiger partial charge in [0.1, 0.15) is 4.90 Å². The highest BCUT2D eigenvalue weighted by atomic mass is 32.2. The number of fused-ring (bicyclic) bond motifs is 1. The normalized spacial score (nSPS) is 17.1. The molecule has 2 aromatic rings. The lowest BCUT2D eigenvalue weighted by molar-refractivity contribution is 0.0302. The molecule has 148 valence electrons. The van der Waals surface area contributed by atoms with E-state index in [9.17, 15) is 13.2 Å². The van der Waals surface area contributed by atoms with Gasteiger partial charge in [-0.1, -0.05) is 18.2 Å². The van der Waals surface area contributed by atoms with E-state index in [2.05, 4.69) is 0 Å². The topological polar surface area (TPSA) is 72.9 Å². The molecular formula is C21H23NO5S. The average Bonchev–Trinajstić information content (AvgIpc) is 2.73. The predicted octanol–water partition coefficient (Wildman–Crippen LogP) is 2.81. The van der Waals surface area contributed by atoms with Crippen molar-refractivity contribution >= 4 is 16.0 Å². The minimum Gasteiger partial charge on any atom is -0.378 e. The minimum absolute atomic E-state index is 0.0525. The zero-order valence-electron chi connectivity index (χ0n) is 15.6. The van der Waals surface area contributed by atoms with Gasteiger partial charge < -0.3 is 13.8 Å². The van der Waals surface area contributed by atoms with E-state index in [1.165, 1.54) is 11.6 Å². The molecular weight excluding hydrogens is 378 g/mol. The third-order valence-corrected chi connectivity index (χ3v) is 6.45. The standard InChI is InChI=1S/C21H23NO5S/c23-21(22-11-13-26-14-12-22)19-7-3-4-8-20(19)27-28(24,25)18-10-9-16-5-1-2-6-17(16)15-18/h3-4,7-10,15H,1-2,5-6,11-14H2. The van der Waals surface area contributed by atoms with Crippen molar-refractivity contribution in [3.63, 3.8) is 0 Å². The fourth-order valence-electron chi connectivity index (χ4n) is 3.68. The van der Waals surface area contributed by atoms with Gasteiger partial charge in [-0.25, -0.2) is 0 Å². The van der Waals surface area contributed by atoms with Gasteiger partial charge in [-0.2, -0.15) is 8.42 Å². The highest BCUT2D eigenvalue weighted by Crippen LogP contribution is 2.28. The van der Waals surface area contributed by atoms with E-state index in [0.29, 0.717) is 26.3 Å². The summed E-state index contributed by atoms with van der Waals surface area (Å²) in [4.78, 5) is 14.6. The lowest BCUT2D eigenvalue weighted by Crippen LogP contribution is -2.40. The first-order valence-corrected chi connectivity index (χ1v) is 11.0. The van der Waals surface area contributed by atoms with Crippen LogP contribution in [-0.4, -0.2) is 45.5 Å². The summed E-state index contributed by atoms with van der Waals surface area (Å²) in [5.41, 5.74) is 2.51. The molecule has 1 aliphatic heterocycles. The van der Waals surface area contributed by atoms with E-state index < -0.39 is 10.1 Å². The van der Waals surface area contributed by atoms with Crippen molar-refractivity contribution in [1.29, 1.82) is 0 Å². The molecule has 1 aliphatic carbocycles. The number of benzene rings is 2. The van der Waals surface area contributed by atoms with Gasteiger partial charge in [-0.15, -0.1) is 0 Å². The lowest BCUT2D eigenvalue weighted by atomic mass is 9.92. The van der Waals surface area contributed by atoms with E-state index in [-0.39, 0.29) is 22.1 Å². The Morgan fingerprint density at radius 2 is 1.68 bits per heavy atom. The molecule has 6 nitrogen and oxygen atoms in total. The molecule has 0 radical (unpaired) electrons. The maximum absolute atomic E-state index is 12.9. The summed E-state index contributed by atoms with van der Waals surface area (Å²) in [7, 11) is -4.03. The van der Waals surface area contributed by atoms with Crippen molar-refractivity contribution in [1.82, 2.24) is 4.90 Å². The number of ether oxygens (including phenoxy) is 1. The first-order chi connectivity index (χ1) is 13.5. The number of rotatable bonds is 4. The number of para-hydroxylation sites is 1. The number of hydrogen-bond donors (Lipinski definition) is 0. The third kappa shape index (κ3) is 3.91. The number of morpholine rings is 1. The smallest absolute Gasteiger partial charge is 0.339 e. The molecule has 1 saturated heterocycles. The first kappa shape index (κ1) is 19.0. The molecule has 28 heavy (non-hydrogen) atoms. The summed E-state index contributed by atoms with van der Waals surface area (Å²) in [5, 5.41) is 0. The van der Waals surface area contributed by atoms with Crippen LogP contribution < -0.4 is 4.18 Å². The van der Waals surface area contributed by atoms with Crippen molar-refractivity contribution in [2.45, 2.75) is 30.6 Å². The molecule has 0 atom stereocenters. The third-order valence-electron chi connectivity index (χ3n) is 5.22. The number of amides is 1. The monoisotopic (exact) mass is 401 g/mol. The molecule has 7 heteroatoms. The Labute approximate surface area is 165 Å². The highest BCUT2D eigenvalue weighted by molar-refractivity contribution is 7.87. The first-order valence-electron chi connectivity index (χ1n) is 9.57. The minimum atomic E-state index is -4.03. The van der Waals surface area contributed by atoms with Crippen LogP contribution in [0.15, 0.2) is 47.4 Å². The molecule has 0 saturated carbocycles. The molecule has 0 spiro atoms. The molecule has 1 amide bonds. The van der Waals surface area contributed by atoms with Crippen molar-refractivity contribution in [2.24, 2.45) is 0 Å². The van der Waals surface area contributed by atoms with Gasteiger partial charge in [-0.3, -0.25) is 4.79 Å². The highest BCUT2D eigenvalue weighted by Gasteiger charge is 2.25. The van der Waals surface area contributed by atoms with Crippen LogP contribution in [0.25, 0.3) is 0 Å². The Morgan fingerprint density at radius 3 is 2.46 bits per heavy atom. The summed E-state index contributed by atoms with van der Waals surface area (Å²) >= 11 is 0. The van der Waals surface area contributed by atoms with Crippen molar-refractivity contribution in [3.05, 3.63) is 59.2 Å². The van der Waals surface area contributed by atoms with Crippen molar-refractivity contribution in [3.8, 4) is 5.75 Å². The van der Waals surface area contributed by atoms with Crippen molar-refractivity contribution in [2.75, 3.05) is 26.3 Å². The Hall–Kier alpha value is -2.38. The van der Waals surface area contributed by atoms with E-state index in [1.807, 2.05) is 6.07 Å². The number of carbonyl (C=O) groups is 1. The fourth-order valence-corrected chi connectivity index (χ4v) is 4.68. The number of carbonyl (C=O) groups excluding carboxylic acids is 1. The molecule has 2 aromatic carbocycles. The molecule has 0 unspecified atom stereocenters. The SMILES string of the molecule is O=C(c1ccccc1OS(=O)(=O)c1ccc2c(c1)CCCC2)N1CCOCC1. The molecule has 0 bridgehead atoms. The van der Waals surface area contributed by atoms with Crippen LogP contribution in [0.3, 0.4) is 0 Å². The summed E-state index contributed by atoms with van der Waals surface area (Å²) in [6.45, 7) is 1.90. The molecule has 0 N–H and O–H groups in total. The second-order valence-corrected chi connectivity index (χ2v) is 8.62. The summed E-state index contributed by atoms with van der Waals surface area (Å²) < 4.78 is 36.4. The number of aryl methyl sites for hydroxylation is 2. The Kier molecular flexibility index (Phi) is 5.37. The molecule has 1 heterocycles. The molecule has 0 aromatic heterocycles. The number of nitrogens with zero attached hydrogens (tertiary/aromatic N) is 1. The Bertz CT molecular complexity index is 980. The summed E-state index contributed by atoms with van der Waals surface area (Å²) in [5.74, 6) is -0.198. The zero-order valence-corrected chi connectivity index (χ0v) is 16.4. The van der Waals surface area contributed by atoms with E-state index in [4.69, 9.17) is 8.92 Å². The van der Waals surface area contributed by atoms with Crippen LogP contribution >= 0.6 is 0 Å². The Balaban J connectivity index is 1.61. The zero-order chi connectivity index (χ0) is 19.6. The molecule has 1 fully saturated rings. The largest absolute Gasteiger partial charge is 0.378 e. The molecule has 4 rings (SSSR count). The van der Waals surface area contributed by atoms with E-state index in [0.717, 1.165) is 31.2 Å². The van der Waals surface area contributed by atoms with Gasteiger partial charge in [0.15, 0.2) is 5.75 Å². The van der Waals surface area contributed by atoms with Crippen LogP contribution in [0.4, 0.5) is 0 Å². The van der Waals surface area contributed by atoms with Gasteiger partial charge in [0.2, 0.25) is 0 Å². The van der Waals surface area contributed by atoms with Crippen LogP contribution in [0.5, 0.6) is 5.75 Å². The van der Waals surface area contributed by atoms with Gasteiger partial charge in [0.25, 0.3) is 5.91 Å². The van der Waals surface area contributed by atoms with Crippen molar-refractivity contribution < 1.29 is 22.1 Å². The van der Waals surface area contributed by atoms with Gasteiger partial charge >= 0.3 is 10.1 Å². The predicted molar refractivity (Wildman–Crippen MR) is 104 cm³/mol. The van der Waals surface area contributed by atoms with Crippen LogP contribution in [0.2, 0.25) is 0 Å². The maximum atomic E-state index is 12.9. The average molecular weight is 401 g/mol. The summed E-state index contributed by atoms with van der Waals surface area (Å²) in [6, 6.07) is 11.6. The quantitative estimate of drug-likeness (QED) is 0.737. The Morgan fingerprint density at radius 1 is 0.964 bits per heavy atom. The fraction of sp³-hybridized carbons (Fsp3) is 0.381. The van der Waals surface area contributed by atoms with Crippen LogP contribution in [-0.2, 0) is 27.7 Å². The number of hydrogen-bond acceptors (Lipinski definition) is 5. The van der Waals surface area contributed by atoms with E-state index >= 15 is 0 Å². The van der Waals surface area contributed by atoms with Crippen LogP contribution in [0.1, 0.15) is 34.3 Å². The van der Waals surface area contributed by atoms with Gasteiger partial charge in [0, 0.05) is 13.1 Å². The van der Waals surface area contributed by atoms with Gasteiger partial charge in [0.05, 0.1) is 18.8 Å². The van der Waals surface area contributed by atoms with E-state index in [1.54, 1.807) is 35.2 Å². The lowest BCUT2D eigenvalue weighted by Gasteiger charge is -2.27. The van der Waals surface area contributed by atoms with Crippen LogP contribution in [0, 0.1) is 0 Å².